The summed E-state index contributed by atoms with van der Waals surface area (Å²) in [5.41, 5.74) is 0.459. The van der Waals surface area contributed by atoms with Crippen molar-refractivity contribution >= 4 is 23.4 Å². The molecule has 120 valence electrons. The fraction of sp³-hybridized carbons (Fsp3) is 0.214. The van der Waals surface area contributed by atoms with Crippen LogP contribution in [-0.2, 0) is 9.47 Å². The number of esters is 2. The van der Waals surface area contributed by atoms with Gasteiger partial charge in [-0.25, -0.2) is 19.5 Å². The first-order valence-electron chi connectivity index (χ1n) is 6.46. The smallest absolute Gasteiger partial charge is 0.363 e. The van der Waals surface area contributed by atoms with Gasteiger partial charge in [0.2, 0.25) is 0 Å². The average molecular weight is 318 g/mol. The third kappa shape index (κ3) is 3.70. The third-order valence-electron chi connectivity index (χ3n) is 2.91. The van der Waals surface area contributed by atoms with E-state index in [2.05, 4.69) is 30.0 Å². The zero-order valence-electron chi connectivity index (χ0n) is 12.7. The van der Waals surface area contributed by atoms with Crippen LogP contribution in [0.5, 0.6) is 0 Å². The van der Waals surface area contributed by atoms with E-state index in [0.29, 0.717) is 11.4 Å². The SMILES string of the molecule is COC(=O)c1cc(Nc2nc(=O)[nH]nc2C)cc(C(=O)OC)c1. The summed E-state index contributed by atoms with van der Waals surface area (Å²) in [5, 5.41) is 8.82. The number of carbonyl (C=O) groups is 2. The molecule has 9 heteroatoms. The van der Waals surface area contributed by atoms with Crippen LogP contribution in [0.2, 0.25) is 0 Å². The van der Waals surface area contributed by atoms with Gasteiger partial charge in [-0.2, -0.15) is 10.1 Å². The van der Waals surface area contributed by atoms with E-state index in [1.807, 2.05) is 0 Å². The minimum absolute atomic E-state index is 0.147. The van der Waals surface area contributed by atoms with Gasteiger partial charge in [0, 0.05) is 5.69 Å². The van der Waals surface area contributed by atoms with Crippen LogP contribution in [0.1, 0.15) is 26.4 Å². The van der Waals surface area contributed by atoms with Gasteiger partial charge in [-0.05, 0) is 25.1 Å². The van der Waals surface area contributed by atoms with Crippen molar-refractivity contribution in [3.63, 3.8) is 0 Å². The minimum atomic E-state index is -0.629. The molecule has 0 aliphatic rings. The Kier molecular flexibility index (Phi) is 4.69. The number of carbonyl (C=O) groups excluding carboxylic acids is 2. The van der Waals surface area contributed by atoms with Crippen LogP contribution < -0.4 is 11.0 Å². The summed E-state index contributed by atoms with van der Waals surface area (Å²) in [6, 6.07) is 4.26. The lowest BCUT2D eigenvalue weighted by atomic mass is 10.1. The molecule has 2 rings (SSSR count). The predicted molar refractivity (Wildman–Crippen MR) is 79.8 cm³/mol. The van der Waals surface area contributed by atoms with Gasteiger partial charge in [0.1, 0.15) is 5.69 Å². The Bertz CT molecular complexity index is 781. The third-order valence-corrected chi connectivity index (χ3v) is 2.91. The van der Waals surface area contributed by atoms with Crippen LogP contribution in [0.15, 0.2) is 23.0 Å². The molecule has 2 aromatic rings. The topological polar surface area (TPSA) is 123 Å². The van der Waals surface area contributed by atoms with Gasteiger partial charge in [-0.3, -0.25) is 0 Å². The van der Waals surface area contributed by atoms with E-state index in [1.54, 1.807) is 6.92 Å². The van der Waals surface area contributed by atoms with Crippen molar-refractivity contribution in [1.29, 1.82) is 0 Å². The summed E-state index contributed by atoms with van der Waals surface area (Å²) in [6.45, 7) is 1.64. The fourth-order valence-corrected chi connectivity index (χ4v) is 1.82. The first-order chi connectivity index (χ1) is 10.9. The monoisotopic (exact) mass is 318 g/mol. The quantitative estimate of drug-likeness (QED) is 0.793. The largest absolute Gasteiger partial charge is 0.465 e. The molecule has 0 saturated carbocycles. The highest BCUT2D eigenvalue weighted by molar-refractivity contribution is 5.97. The van der Waals surface area contributed by atoms with Gasteiger partial charge >= 0.3 is 17.6 Å². The van der Waals surface area contributed by atoms with Crippen LogP contribution in [0, 0.1) is 6.92 Å². The second-order valence-electron chi connectivity index (χ2n) is 4.48. The lowest BCUT2D eigenvalue weighted by Gasteiger charge is -2.10. The first kappa shape index (κ1) is 16.1. The predicted octanol–water partition coefficient (Wildman–Crippen LogP) is 0.790. The Labute approximate surface area is 130 Å². The van der Waals surface area contributed by atoms with Gasteiger partial charge < -0.3 is 14.8 Å². The highest BCUT2D eigenvalue weighted by Gasteiger charge is 2.14. The molecule has 1 aromatic heterocycles. The van der Waals surface area contributed by atoms with Crippen molar-refractivity contribution in [1.82, 2.24) is 15.2 Å². The summed E-state index contributed by atoms with van der Waals surface area (Å²) < 4.78 is 9.30. The van der Waals surface area contributed by atoms with Crippen molar-refractivity contribution < 1.29 is 19.1 Å². The zero-order valence-corrected chi connectivity index (χ0v) is 12.7. The molecule has 1 aromatic carbocycles. The standard InChI is InChI=1S/C14H14N4O5/c1-7-11(16-14(21)18-17-7)15-10-5-8(12(19)22-2)4-9(6-10)13(20)23-3/h4-6H,1-3H3,(H2,15,16,18,21). The molecule has 1 heterocycles. The van der Waals surface area contributed by atoms with E-state index in [9.17, 15) is 14.4 Å². The van der Waals surface area contributed by atoms with Gasteiger partial charge in [0.25, 0.3) is 0 Å². The van der Waals surface area contributed by atoms with Gasteiger partial charge in [-0.15, -0.1) is 0 Å². The second kappa shape index (κ2) is 6.69. The number of methoxy groups -OCH3 is 2. The van der Waals surface area contributed by atoms with Crippen LogP contribution in [0.25, 0.3) is 0 Å². The molecule has 0 saturated heterocycles. The Morgan fingerprint density at radius 1 is 1.09 bits per heavy atom. The molecule has 0 aliphatic carbocycles. The van der Waals surface area contributed by atoms with E-state index in [-0.39, 0.29) is 16.9 Å². The van der Waals surface area contributed by atoms with Crippen molar-refractivity contribution in [3.05, 3.63) is 45.5 Å². The van der Waals surface area contributed by atoms with Crippen molar-refractivity contribution in [3.8, 4) is 0 Å². The molecular weight excluding hydrogens is 304 g/mol. The lowest BCUT2D eigenvalue weighted by molar-refractivity contribution is 0.0599. The maximum atomic E-state index is 11.7. The number of rotatable bonds is 4. The molecule has 23 heavy (non-hydrogen) atoms. The van der Waals surface area contributed by atoms with E-state index in [4.69, 9.17) is 0 Å². The number of aromatic amines is 1. The summed E-state index contributed by atoms with van der Waals surface area (Å²) in [6.07, 6.45) is 0. The summed E-state index contributed by atoms with van der Waals surface area (Å²) >= 11 is 0. The highest BCUT2D eigenvalue weighted by Crippen LogP contribution is 2.20. The zero-order chi connectivity index (χ0) is 17.0. The molecule has 0 spiro atoms. The molecule has 0 amide bonds. The maximum Gasteiger partial charge on any atom is 0.363 e. The minimum Gasteiger partial charge on any atom is -0.465 e. The first-order valence-corrected chi connectivity index (χ1v) is 6.46. The number of H-pyrrole nitrogens is 1. The number of aromatic nitrogens is 3. The normalized spacial score (nSPS) is 10.0. The van der Waals surface area contributed by atoms with Crippen LogP contribution in [-0.4, -0.2) is 41.3 Å². The van der Waals surface area contributed by atoms with Crippen LogP contribution >= 0.6 is 0 Å². The molecule has 0 atom stereocenters. The number of hydrogen-bond donors (Lipinski definition) is 2. The van der Waals surface area contributed by atoms with E-state index < -0.39 is 17.6 Å². The number of nitrogens with one attached hydrogen (secondary N) is 2. The molecule has 0 fully saturated rings. The maximum absolute atomic E-state index is 11.7. The van der Waals surface area contributed by atoms with Gasteiger partial charge in [0.15, 0.2) is 5.82 Å². The summed E-state index contributed by atoms with van der Waals surface area (Å²) in [5.74, 6) is -1.04. The Morgan fingerprint density at radius 3 is 2.17 bits per heavy atom. The van der Waals surface area contributed by atoms with Crippen molar-refractivity contribution in [2.75, 3.05) is 19.5 Å². The highest BCUT2D eigenvalue weighted by atomic mass is 16.5. The number of nitrogens with zero attached hydrogens (tertiary/aromatic N) is 2. The number of anilines is 2. The van der Waals surface area contributed by atoms with Crippen molar-refractivity contribution in [2.24, 2.45) is 0 Å². The molecule has 0 aliphatic heterocycles. The molecule has 9 nitrogen and oxygen atoms in total. The molecule has 2 N–H and O–H groups in total. The lowest BCUT2D eigenvalue weighted by Crippen LogP contribution is -2.16. The average Bonchev–Trinajstić information content (AvgIpc) is 2.56. The number of ether oxygens (including phenoxy) is 2. The Balaban J connectivity index is 2.48. The molecular formula is C14H14N4O5. The number of aryl methyl sites for hydroxylation is 1. The van der Waals surface area contributed by atoms with E-state index >= 15 is 0 Å². The molecule has 0 radical (unpaired) electrons. The van der Waals surface area contributed by atoms with Gasteiger partial charge in [0.05, 0.1) is 25.3 Å². The van der Waals surface area contributed by atoms with Crippen molar-refractivity contribution in [2.45, 2.75) is 6.92 Å². The number of benzene rings is 1. The summed E-state index contributed by atoms with van der Waals surface area (Å²) in [4.78, 5) is 38.4. The second-order valence-corrected chi connectivity index (χ2v) is 4.48. The van der Waals surface area contributed by atoms with Crippen LogP contribution in [0.4, 0.5) is 11.5 Å². The van der Waals surface area contributed by atoms with E-state index in [0.717, 1.165) is 0 Å². The fourth-order valence-electron chi connectivity index (χ4n) is 1.82. The Hall–Kier alpha value is -3.23. The Morgan fingerprint density at radius 2 is 1.65 bits per heavy atom. The molecule has 0 unspecified atom stereocenters. The molecule has 0 bridgehead atoms. The van der Waals surface area contributed by atoms with E-state index in [1.165, 1.54) is 32.4 Å². The van der Waals surface area contributed by atoms with Crippen LogP contribution in [0.3, 0.4) is 0 Å². The number of hydrogen-bond acceptors (Lipinski definition) is 8. The van der Waals surface area contributed by atoms with Gasteiger partial charge in [-0.1, -0.05) is 0 Å². The summed E-state index contributed by atoms with van der Waals surface area (Å²) in [7, 11) is 2.46.